The lowest BCUT2D eigenvalue weighted by Crippen LogP contribution is -2.17. The van der Waals surface area contributed by atoms with E-state index in [1.165, 1.54) is 11.1 Å². The Morgan fingerprint density at radius 1 is 1.06 bits per heavy atom. The second-order valence-corrected chi connectivity index (χ2v) is 5.38. The zero-order valence-electron chi connectivity index (χ0n) is 10.7. The fourth-order valence-corrected chi connectivity index (χ4v) is 1.88. The van der Waals surface area contributed by atoms with E-state index in [9.17, 15) is 0 Å². The lowest BCUT2D eigenvalue weighted by Gasteiger charge is -2.21. The average Bonchev–Trinajstić information content (AvgIpc) is 2.25. The molecular weight excluding hydrogens is 196 g/mol. The standard InChI is InChI=1S/C14H24N2/c1-14(2,3)13-6-4-11(5-7-13)12(10-16)8-9-15/h4-7,12H,8-10,15-16H2,1-3H3. The molecule has 0 aliphatic carbocycles. The summed E-state index contributed by atoms with van der Waals surface area (Å²) >= 11 is 0. The molecule has 0 amide bonds. The van der Waals surface area contributed by atoms with Crippen molar-refractivity contribution in [1.29, 1.82) is 0 Å². The number of hydrogen-bond acceptors (Lipinski definition) is 2. The Morgan fingerprint density at radius 3 is 2.00 bits per heavy atom. The van der Waals surface area contributed by atoms with E-state index < -0.39 is 0 Å². The monoisotopic (exact) mass is 220 g/mol. The van der Waals surface area contributed by atoms with Gasteiger partial charge in [-0.3, -0.25) is 0 Å². The van der Waals surface area contributed by atoms with Gasteiger partial charge in [-0.15, -0.1) is 0 Å². The highest BCUT2D eigenvalue weighted by Gasteiger charge is 2.14. The first-order valence-corrected chi connectivity index (χ1v) is 5.99. The molecule has 0 saturated carbocycles. The summed E-state index contributed by atoms with van der Waals surface area (Å²) in [6.07, 6.45) is 0.964. The predicted molar refractivity (Wildman–Crippen MR) is 70.6 cm³/mol. The Bertz CT molecular complexity index is 309. The predicted octanol–water partition coefficient (Wildman–Crippen LogP) is 2.38. The van der Waals surface area contributed by atoms with E-state index >= 15 is 0 Å². The minimum atomic E-state index is 0.213. The molecule has 0 heterocycles. The van der Waals surface area contributed by atoms with E-state index in [0.29, 0.717) is 19.0 Å². The molecule has 0 aliphatic heterocycles. The van der Waals surface area contributed by atoms with Crippen LogP contribution in [0.3, 0.4) is 0 Å². The summed E-state index contributed by atoms with van der Waals surface area (Å²) in [6, 6.07) is 8.78. The molecule has 0 saturated heterocycles. The van der Waals surface area contributed by atoms with Crippen LogP contribution < -0.4 is 11.5 Å². The van der Waals surface area contributed by atoms with Gasteiger partial charge < -0.3 is 11.5 Å². The Hall–Kier alpha value is -0.860. The zero-order chi connectivity index (χ0) is 12.2. The number of benzene rings is 1. The van der Waals surface area contributed by atoms with Crippen LogP contribution in [0.15, 0.2) is 24.3 Å². The highest BCUT2D eigenvalue weighted by Crippen LogP contribution is 2.25. The summed E-state index contributed by atoms with van der Waals surface area (Å²) in [5.74, 6) is 0.402. The highest BCUT2D eigenvalue weighted by molar-refractivity contribution is 5.29. The Labute approximate surface area is 99.0 Å². The maximum Gasteiger partial charge on any atom is -0.000776 e. The van der Waals surface area contributed by atoms with Crippen molar-refractivity contribution in [3.8, 4) is 0 Å². The zero-order valence-corrected chi connectivity index (χ0v) is 10.7. The number of rotatable bonds is 4. The highest BCUT2D eigenvalue weighted by atomic mass is 14.6. The molecule has 16 heavy (non-hydrogen) atoms. The largest absolute Gasteiger partial charge is 0.330 e. The molecule has 1 rings (SSSR count). The molecule has 90 valence electrons. The van der Waals surface area contributed by atoms with Crippen LogP contribution in [0.25, 0.3) is 0 Å². The first-order valence-electron chi connectivity index (χ1n) is 5.99. The fraction of sp³-hybridized carbons (Fsp3) is 0.571. The van der Waals surface area contributed by atoms with Gasteiger partial charge in [-0.25, -0.2) is 0 Å². The lowest BCUT2D eigenvalue weighted by atomic mass is 9.85. The van der Waals surface area contributed by atoms with Crippen LogP contribution in [0.5, 0.6) is 0 Å². The molecule has 1 atom stereocenters. The van der Waals surface area contributed by atoms with E-state index in [0.717, 1.165) is 6.42 Å². The van der Waals surface area contributed by atoms with Crippen molar-refractivity contribution in [2.75, 3.05) is 13.1 Å². The Morgan fingerprint density at radius 2 is 1.62 bits per heavy atom. The molecule has 2 nitrogen and oxygen atoms in total. The van der Waals surface area contributed by atoms with Gasteiger partial charge in [0.1, 0.15) is 0 Å². The van der Waals surface area contributed by atoms with Gasteiger partial charge in [0.05, 0.1) is 0 Å². The topological polar surface area (TPSA) is 52.0 Å². The summed E-state index contributed by atoms with van der Waals surface area (Å²) in [5.41, 5.74) is 14.2. The molecule has 0 aromatic heterocycles. The average molecular weight is 220 g/mol. The molecule has 0 bridgehead atoms. The Balaban J connectivity index is 2.85. The lowest BCUT2D eigenvalue weighted by molar-refractivity contribution is 0.588. The first-order chi connectivity index (χ1) is 7.49. The minimum absolute atomic E-state index is 0.213. The molecule has 4 N–H and O–H groups in total. The van der Waals surface area contributed by atoms with Gasteiger partial charge in [-0.05, 0) is 42.0 Å². The van der Waals surface area contributed by atoms with Crippen LogP contribution in [0, 0.1) is 0 Å². The Kier molecular flexibility index (Phi) is 4.51. The molecule has 0 fully saturated rings. The van der Waals surface area contributed by atoms with E-state index in [1.807, 2.05) is 0 Å². The van der Waals surface area contributed by atoms with Crippen LogP contribution in [0.4, 0.5) is 0 Å². The van der Waals surface area contributed by atoms with E-state index in [1.54, 1.807) is 0 Å². The molecule has 1 unspecified atom stereocenters. The van der Waals surface area contributed by atoms with Gasteiger partial charge in [0.25, 0.3) is 0 Å². The summed E-state index contributed by atoms with van der Waals surface area (Å²) in [7, 11) is 0. The van der Waals surface area contributed by atoms with Crippen molar-refractivity contribution >= 4 is 0 Å². The summed E-state index contributed by atoms with van der Waals surface area (Å²) < 4.78 is 0. The summed E-state index contributed by atoms with van der Waals surface area (Å²) in [5, 5.41) is 0. The third kappa shape index (κ3) is 3.32. The third-order valence-corrected chi connectivity index (χ3v) is 3.05. The number of nitrogens with two attached hydrogens (primary N) is 2. The van der Waals surface area contributed by atoms with Gasteiger partial charge in [0.15, 0.2) is 0 Å². The van der Waals surface area contributed by atoms with Crippen LogP contribution in [-0.4, -0.2) is 13.1 Å². The van der Waals surface area contributed by atoms with Crippen molar-refractivity contribution in [3.05, 3.63) is 35.4 Å². The third-order valence-electron chi connectivity index (χ3n) is 3.05. The van der Waals surface area contributed by atoms with Crippen molar-refractivity contribution in [2.45, 2.75) is 38.5 Å². The quantitative estimate of drug-likeness (QED) is 0.818. The van der Waals surface area contributed by atoms with Gasteiger partial charge in [-0.1, -0.05) is 45.0 Å². The molecule has 0 radical (unpaired) electrons. The fourth-order valence-electron chi connectivity index (χ4n) is 1.88. The van der Waals surface area contributed by atoms with Crippen LogP contribution >= 0.6 is 0 Å². The van der Waals surface area contributed by atoms with E-state index in [-0.39, 0.29) is 5.41 Å². The van der Waals surface area contributed by atoms with Gasteiger partial charge in [0, 0.05) is 0 Å². The molecule has 0 aliphatic rings. The van der Waals surface area contributed by atoms with E-state index in [2.05, 4.69) is 45.0 Å². The van der Waals surface area contributed by atoms with E-state index in [4.69, 9.17) is 11.5 Å². The van der Waals surface area contributed by atoms with Gasteiger partial charge >= 0.3 is 0 Å². The van der Waals surface area contributed by atoms with Crippen molar-refractivity contribution in [3.63, 3.8) is 0 Å². The second-order valence-electron chi connectivity index (χ2n) is 5.38. The van der Waals surface area contributed by atoms with Gasteiger partial charge in [-0.2, -0.15) is 0 Å². The smallest absolute Gasteiger partial charge is 0.000776 e. The van der Waals surface area contributed by atoms with Crippen LogP contribution in [-0.2, 0) is 5.41 Å². The van der Waals surface area contributed by atoms with Gasteiger partial charge in [0.2, 0.25) is 0 Å². The maximum absolute atomic E-state index is 5.76. The van der Waals surface area contributed by atoms with Crippen molar-refractivity contribution in [2.24, 2.45) is 11.5 Å². The molecule has 0 spiro atoms. The second kappa shape index (κ2) is 5.46. The summed E-state index contributed by atoms with van der Waals surface area (Å²) in [4.78, 5) is 0. The number of hydrogen-bond donors (Lipinski definition) is 2. The maximum atomic E-state index is 5.76. The van der Waals surface area contributed by atoms with Crippen molar-refractivity contribution < 1.29 is 0 Å². The molecule has 2 heteroatoms. The molecule has 1 aromatic rings. The molecule has 1 aromatic carbocycles. The molecular formula is C14H24N2. The minimum Gasteiger partial charge on any atom is -0.330 e. The van der Waals surface area contributed by atoms with Crippen LogP contribution in [0.2, 0.25) is 0 Å². The SMILES string of the molecule is CC(C)(C)c1ccc(C(CN)CCN)cc1. The van der Waals surface area contributed by atoms with Crippen molar-refractivity contribution in [1.82, 2.24) is 0 Å². The summed E-state index contributed by atoms with van der Waals surface area (Å²) in [6.45, 7) is 8.04. The normalized spacial score (nSPS) is 13.8. The first kappa shape index (κ1) is 13.2. The van der Waals surface area contributed by atoms with Crippen LogP contribution in [0.1, 0.15) is 44.2 Å².